The second-order valence-corrected chi connectivity index (χ2v) is 15.2. The van der Waals surface area contributed by atoms with Gasteiger partial charge in [-0.25, -0.2) is 4.84 Å². The van der Waals surface area contributed by atoms with Crippen LogP contribution in [0.3, 0.4) is 0 Å². The maximum atomic E-state index is 14.2. The standard InChI is InChI=1S/C32H12BF24.C11H11N2O/c34-25(35,36)13-1-14(26(37,38)39)6-21(5-13)33(22-7-15(27(40,41)42)2-16(8-22)28(43,44)45,23-9-17(29(46,47)48)3-18(10-23)30(49,50)51)24-11-19(31(52,53)54)4-20(12-24)32(55,56)57;1-10-4-2-3-5-11(10)14-13-8-6-12-7-9-13/h1-12H;2-9H,1H3/q-1;+1. The summed E-state index contributed by atoms with van der Waals surface area (Å²) in [5.74, 6) is 0.851. The highest BCUT2D eigenvalue weighted by Gasteiger charge is 2.47. The largest absolute Gasteiger partial charge is 0.416 e. The number of benzene rings is 5. The van der Waals surface area contributed by atoms with E-state index in [1.807, 2.05) is 31.2 Å². The van der Waals surface area contributed by atoms with Crippen molar-refractivity contribution >= 4 is 28.0 Å². The highest BCUT2D eigenvalue weighted by molar-refractivity contribution is 7.20. The molecule has 382 valence electrons. The van der Waals surface area contributed by atoms with Crippen LogP contribution in [0, 0.1) is 6.92 Å². The van der Waals surface area contributed by atoms with Crippen LogP contribution >= 0.6 is 0 Å². The molecule has 0 N–H and O–H groups in total. The number of rotatable bonds is 6. The van der Waals surface area contributed by atoms with Gasteiger partial charge in [0.05, 0.1) is 56.9 Å². The first-order valence-electron chi connectivity index (χ1n) is 19.0. The number of alkyl halides is 24. The lowest BCUT2D eigenvalue weighted by Gasteiger charge is -2.46. The summed E-state index contributed by atoms with van der Waals surface area (Å²) < 4.78 is 342. The monoisotopic (exact) mass is 1050 g/mol. The van der Waals surface area contributed by atoms with E-state index in [0.717, 1.165) is 11.3 Å². The average Bonchev–Trinajstić information content (AvgIpc) is 3.22. The molecular weight excluding hydrogens is 1030 g/mol. The lowest BCUT2D eigenvalue weighted by molar-refractivity contribution is -0.875. The predicted molar refractivity (Wildman–Crippen MR) is 202 cm³/mol. The summed E-state index contributed by atoms with van der Waals surface area (Å²) in [6.07, 6.45) is -47.9. The van der Waals surface area contributed by atoms with E-state index in [0.29, 0.717) is 0 Å². The van der Waals surface area contributed by atoms with Crippen LogP contribution in [0.2, 0.25) is 0 Å². The molecule has 0 atom stereocenters. The predicted octanol–water partition coefficient (Wildman–Crippen LogP) is 12.7. The zero-order valence-corrected chi connectivity index (χ0v) is 34.5. The summed E-state index contributed by atoms with van der Waals surface area (Å²) in [5, 5.41) is 0. The maximum absolute atomic E-state index is 14.2. The zero-order valence-electron chi connectivity index (χ0n) is 34.5. The third kappa shape index (κ3) is 12.8. The van der Waals surface area contributed by atoms with Crippen LogP contribution in [-0.2, 0) is 49.4 Å². The van der Waals surface area contributed by atoms with Gasteiger partial charge in [-0.1, -0.05) is 66.7 Å². The van der Waals surface area contributed by atoms with E-state index < -0.39 is 195 Å². The Morgan fingerprint density at radius 2 is 0.577 bits per heavy atom. The summed E-state index contributed by atoms with van der Waals surface area (Å²) in [5.41, 5.74) is -29.1. The molecule has 28 heteroatoms. The quantitative estimate of drug-likeness (QED) is 0.0944. The van der Waals surface area contributed by atoms with E-state index in [-0.39, 0.29) is 0 Å². The van der Waals surface area contributed by atoms with Crippen LogP contribution in [-0.4, -0.2) is 11.1 Å². The Kier molecular flexibility index (Phi) is 14.7. The molecule has 0 unspecified atom stereocenters. The summed E-state index contributed by atoms with van der Waals surface area (Å²) in [6.45, 7) is 2.01. The van der Waals surface area contributed by atoms with Crippen molar-refractivity contribution in [2.45, 2.75) is 56.3 Å². The van der Waals surface area contributed by atoms with Gasteiger partial charge < -0.3 is 0 Å². The van der Waals surface area contributed by atoms with E-state index in [4.69, 9.17) is 4.84 Å². The van der Waals surface area contributed by atoms with Gasteiger partial charge in [0.25, 0.3) is 0 Å². The number of hydrogen-bond donors (Lipinski definition) is 0. The smallest absolute Gasteiger partial charge is 0.252 e. The fraction of sp³-hybridized carbons (Fsp3) is 0.209. The number of nitrogens with zero attached hydrogens (tertiary/aromatic N) is 2. The molecule has 0 aliphatic carbocycles. The summed E-state index contributed by atoms with van der Waals surface area (Å²) in [6, 6.07) is -0.932. The summed E-state index contributed by atoms with van der Waals surface area (Å²) in [7, 11) is 0. The molecule has 3 nitrogen and oxygen atoms in total. The second-order valence-electron chi connectivity index (χ2n) is 15.2. The Balaban J connectivity index is 0.000000569. The minimum absolute atomic E-state index is 0.691. The van der Waals surface area contributed by atoms with Gasteiger partial charge in [0.1, 0.15) is 6.15 Å². The fourth-order valence-corrected chi connectivity index (χ4v) is 7.21. The van der Waals surface area contributed by atoms with Crippen molar-refractivity contribution in [3.8, 4) is 5.75 Å². The van der Waals surface area contributed by atoms with Crippen LogP contribution in [0.4, 0.5) is 105 Å². The number of para-hydroxylation sites is 1. The topological polar surface area (TPSA) is 26.0 Å². The van der Waals surface area contributed by atoms with Crippen molar-refractivity contribution in [1.82, 2.24) is 4.98 Å². The third-order valence-corrected chi connectivity index (χ3v) is 10.3. The van der Waals surface area contributed by atoms with E-state index in [2.05, 4.69) is 4.98 Å². The Hall–Kier alpha value is -6.64. The molecule has 1 aromatic heterocycles. The molecule has 0 spiro atoms. The average molecular weight is 1050 g/mol. The molecule has 5 aromatic carbocycles. The molecule has 0 amide bonds. The van der Waals surface area contributed by atoms with E-state index in [1.54, 1.807) is 29.5 Å². The fourth-order valence-electron chi connectivity index (χ4n) is 7.21. The normalized spacial score (nSPS) is 13.4. The summed E-state index contributed by atoms with van der Waals surface area (Å²) in [4.78, 5) is 9.49. The van der Waals surface area contributed by atoms with Gasteiger partial charge in [0.15, 0.2) is 0 Å². The van der Waals surface area contributed by atoms with Crippen LogP contribution in [0.15, 0.2) is 122 Å². The number of halogens is 24. The molecule has 71 heavy (non-hydrogen) atoms. The zero-order chi connectivity index (χ0) is 53.7. The first kappa shape index (κ1) is 55.3. The van der Waals surface area contributed by atoms with Crippen molar-refractivity contribution in [1.29, 1.82) is 0 Å². The molecule has 0 saturated heterocycles. The van der Waals surface area contributed by atoms with Crippen molar-refractivity contribution < 1.29 is 115 Å². The Bertz CT molecular complexity index is 2420. The third-order valence-electron chi connectivity index (χ3n) is 10.3. The van der Waals surface area contributed by atoms with Crippen LogP contribution in [0.25, 0.3) is 0 Å². The molecule has 0 fully saturated rings. The van der Waals surface area contributed by atoms with Crippen molar-refractivity contribution in [2.75, 3.05) is 0 Å². The van der Waals surface area contributed by atoms with Gasteiger partial charge in [0, 0.05) is 4.73 Å². The molecule has 0 radical (unpaired) electrons. The Labute approximate surface area is 381 Å². The first-order chi connectivity index (χ1) is 32.1. The number of aromatic nitrogens is 2. The second kappa shape index (κ2) is 18.8. The van der Waals surface area contributed by atoms with E-state index in [9.17, 15) is 105 Å². The Morgan fingerprint density at radius 3 is 0.789 bits per heavy atom. The van der Waals surface area contributed by atoms with Gasteiger partial charge in [-0.3, -0.25) is 4.98 Å². The minimum atomic E-state index is -6.13. The SMILES string of the molecule is Cc1ccccc1O[n+]1ccncc1.FC(F)(F)c1cc([B-](c2cc(C(F)(F)F)cc(C(F)(F)F)c2)(c2cc(C(F)(F)F)cc(C(F)(F)F)c2)c2cc(C(F)(F)F)cc(C(F)(F)F)c2)cc(C(F)(F)F)c1. The van der Waals surface area contributed by atoms with Gasteiger partial charge in [-0.2, -0.15) is 127 Å². The lowest BCUT2D eigenvalue weighted by Crippen LogP contribution is -2.75. The molecule has 0 aliphatic heterocycles. The van der Waals surface area contributed by atoms with Crippen molar-refractivity contribution in [3.05, 3.63) is 172 Å². The first-order valence-corrected chi connectivity index (χ1v) is 19.0. The molecule has 0 bridgehead atoms. The van der Waals surface area contributed by atoms with Crippen molar-refractivity contribution in [3.63, 3.8) is 0 Å². The van der Waals surface area contributed by atoms with Crippen LogP contribution in [0.5, 0.6) is 5.75 Å². The van der Waals surface area contributed by atoms with Gasteiger partial charge in [-0.05, 0) is 42.8 Å². The highest BCUT2D eigenvalue weighted by Crippen LogP contribution is 2.41. The molecule has 0 aliphatic rings. The summed E-state index contributed by atoms with van der Waals surface area (Å²) >= 11 is 0. The highest BCUT2D eigenvalue weighted by atomic mass is 19.4. The Morgan fingerprint density at radius 1 is 0.352 bits per heavy atom. The van der Waals surface area contributed by atoms with Gasteiger partial charge in [-0.15, -0.1) is 0 Å². The number of hydrogen-bond acceptors (Lipinski definition) is 2. The maximum Gasteiger partial charge on any atom is 0.416 e. The molecule has 6 aromatic rings. The van der Waals surface area contributed by atoms with Crippen molar-refractivity contribution in [2.24, 2.45) is 0 Å². The molecule has 0 saturated carbocycles. The van der Waals surface area contributed by atoms with Crippen LogP contribution in [0.1, 0.15) is 50.1 Å². The molecule has 1 heterocycles. The van der Waals surface area contributed by atoms with Gasteiger partial charge >= 0.3 is 49.4 Å². The van der Waals surface area contributed by atoms with Crippen LogP contribution < -0.4 is 31.4 Å². The molecular formula is C43H23BF24N2O. The minimum Gasteiger partial charge on any atom is -0.252 e. The van der Waals surface area contributed by atoms with E-state index >= 15 is 0 Å². The lowest BCUT2D eigenvalue weighted by atomic mass is 9.12. The number of aryl methyl sites for hydroxylation is 1. The molecule has 6 rings (SSSR count). The van der Waals surface area contributed by atoms with E-state index in [1.165, 1.54) is 0 Å². The van der Waals surface area contributed by atoms with Gasteiger partial charge in [0.2, 0.25) is 18.1 Å².